The third-order valence-corrected chi connectivity index (χ3v) is 2.02. The van der Waals surface area contributed by atoms with Gasteiger partial charge in [-0.05, 0) is 13.3 Å². The highest BCUT2D eigenvalue weighted by atomic mass is 16.3. The number of amides is 1. The van der Waals surface area contributed by atoms with Gasteiger partial charge in [-0.3, -0.25) is 4.79 Å². The maximum atomic E-state index is 11.4. The van der Waals surface area contributed by atoms with Crippen molar-refractivity contribution >= 4 is 5.91 Å². The van der Waals surface area contributed by atoms with Crippen LogP contribution < -0.4 is 0 Å². The topological polar surface area (TPSA) is 40.5 Å². The van der Waals surface area contributed by atoms with Gasteiger partial charge in [0.25, 0.3) is 0 Å². The third kappa shape index (κ3) is 3.03. The molecule has 0 radical (unpaired) electrons. The monoisotopic (exact) mass is 181 g/mol. The minimum absolute atomic E-state index is 0.0188. The molecular formula is C10H15NO2. The molecule has 0 aromatic rings. The molecule has 3 nitrogen and oxygen atoms in total. The van der Waals surface area contributed by atoms with E-state index in [2.05, 4.69) is 0 Å². The predicted octanol–water partition coefficient (Wildman–Crippen LogP) is 0.712. The molecule has 0 aliphatic carbocycles. The summed E-state index contributed by atoms with van der Waals surface area (Å²) in [4.78, 5) is 13.0. The number of carbonyl (C=O) groups is 1. The molecule has 1 N–H and O–H groups in total. The first-order valence-corrected chi connectivity index (χ1v) is 4.50. The summed E-state index contributed by atoms with van der Waals surface area (Å²) in [6.45, 7) is 3.04. The van der Waals surface area contributed by atoms with Gasteiger partial charge in [0.15, 0.2) is 0 Å². The predicted molar refractivity (Wildman–Crippen MR) is 51.2 cm³/mol. The second-order valence-electron chi connectivity index (χ2n) is 3.11. The summed E-state index contributed by atoms with van der Waals surface area (Å²) in [5, 5.41) is 9.19. The summed E-state index contributed by atoms with van der Waals surface area (Å²) >= 11 is 0. The molecule has 1 heterocycles. The SMILES string of the molecule is CC=CC=CC(=O)N1CC[C@@H](O)C1. The van der Waals surface area contributed by atoms with E-state index in [4.69, 9.17) is 0 Å². The van der Waals surface area contributed by atoms with Gasteiger partial charge >= 0.3 is 0 Å². The van der Waals surface area contributed by atoms with Crippen LogP contribution >= 0.6 is 0 Å². The van der Waals surface area contributed by atoms with Crippen LogP contribution in [0, 0.1) is 0 Å². The van der Waals surface area contributed by atoms with Gasteiger partial charge in [0.1, 0.15) is 0 Å². The van der Waals surface area contributed by atoms with Gasteiger partial charge in [-0.15, -0.1) is 0 Å². The van der Waals surface area contributed by atoms with Crippen LogP contribution in [0.1, 0.15) is 13.3 Å². The highest BCUT2D eigenvalue weighted by molar-refractivity contribution is 5.88. The van der Waals surface area contributed by atoms with Crippen LogP contribution in [0.4, 0.5) is 0 Å². The highest BCUT2D eigenvalue weighted by Crippen LogP contribution is 2.08. The smallest absolute Gasteiger partial charge is 0.246 e. The zero-order chi connectivity index (χ0) is 9.68. The average Bonchev–Trinajstić information content (AvgIpc) is 2.52. The van der Waals surface area contributed by atoms with E-state index in [1.807, 2.05) is 19.1 Å². The van der Waals surface area contributed by atoms with Crippen LogP contribution in [0.5, 0.6) is 0 Å². The molecule has 13 heavy (non-hydrogen) atoms. The van der Waals surface area contributed by atoms with Crippen LogP contribution in [0.2, 0.25) is 0 Å². The number of aliphatic hydroxyl groups is 1. The van der Waals surface area contributed by atoms with Crippen LogP contribution in [-0.2, 0) is 4.79 Å². The first kappa shape index (κ1) is 9.99. The molecule has 0 aromatic carbocycles. The Morgan fingerprint density at radius 2 is 2.31 bits per heavy atom. The fourth-order valence-electron chi connectivity index (χ4n) is 1.30. The van der Waals surface area contributed by atoms with Crippen molar-refractivity contribution in [3.63, 3.8) is 0 Å². The lowest BCUT2D eigenvalue weighted by Crippen LogP contribution is -2.27. The summed E-state index contributed by atoms with van der Waals surface area (Å²) in [6, 6.07) is 0. The molecule has 0 aromatic heterocycles. The van der Waals surface area contributed by atoms with Crippen LogP contribution in [0.15, 0.2) is 24.3 Å². The standard InChI is InChI=1S/C10H15NO2/c1-2-3-4-5-10(13)11-7-6-9(12)8-11/h2-5,9,12H,6-8H2,1H3/t9-/m1/s1. The quantitative estimate of drug-likeness (QED) is 0.503. The highest BCUT2D eigenvalue weighted by Gasteiger charge is 2.22. The van der Waals surface area contributed by atoms with Crippen molar-refractivity contribution in [3.05, 3.63) is 24.3 Å². The third-order valence-electron chi connectivity index (χ3n) is 2.02. The lowest BCUT2D eigenvalue weighted by Gasteiger charge is -2.11. The number of aliphatic hydroxyl groups excluding tert-OH is 1. The van der Waals surface area contributed by atoms with E-state index in [0.717, 1.165) is 0 Å². The van der Waals surface area contributed by atoms with Crippen molar-refractivity contribution in [3.8, 4) is 0 Å². The van der Waals surface area contributed by atoms with Crippen molar-refractivity contribution in [1.82, 2.24) is 4.90 Å². The van der Waals surface area contributed by atoms with Gasteiger partial charge in [0.2, 0.25) is 5.91 Å². The van der Waals surface area contributed by atoms with Gasteiger partial charge in [0.05, 0.1) is 6.10 Å². The molecule has 1 fully saturated rings. The first-order chi connectivity index (χ1) is 6.24. The van der Waals surface area contributed by atoms with Crippen LogP contribution in [0.25, 0.3) is 0 Å². The van der Waals surface area contributed by atoms with Crippen molar-refractivity contribution in [1.29, 1.82) is 0 Å². The number of β-amino-alcohol motifs (C(OH)–C–C–N with tert-alkyl or cyclic N) is 1. The minimum Gasteiger partial charge on any atom is -0.391 e. The van der Waals surface area contributed by atoms with Crippen LogP contribution in [-0.4, -0.2) is 35.1 Å². The zero-order valence-electron chi connectivity index (χ0n) is 7.81. The normalized spacial score (nSPS) is 23.5. The molecule has 0 unspecified atom stereocenters. The van der Waals surface area contributed by atoms with E-state index in [1.54, 1.807) is 11.0 Å². The summed E-state index contributed by atoms with van der Waals surface area (Å²) < 4.78 is 0. The fraction of sp³-hybridized carbons (Fsp3) is 0.500. The maximum absolute atomic E-state index is 11.4. The molecule has 1 rings (SSSR count). The van der Waals surface area contributed by atoms with Gasteiger partial charge in [0, 0.05) is 19.2 Å². The number of carbonyl (C=O) groups excluding carboxylic acids is 1. The molecule has 1 amide bonds. The van der Waals surface area contributed by atoms with Crippen LogP contribution in [0.3, 0.4) is 0 Å². The largest absolute Gasteiger partial charge is 0.391 e. The van der Waals surface area contributed by atoms with Gasteiger partial charge in [-0.2, -0.15) is 0 Å². The summed E-state index contributed by atoms with van der Waals surface area (Å²) in [5.74, 6) is -0.0188. The van der Waals surface area contributed by atoms with E-state index >= 15 is 0 Å². The Bertz CT molecular complexity index is 233. The molecule has 72 valence electrons. The minimum atomic E-state index is -0.334. The van der Waals surface area contributed by atoms with E-state index in [-0.39, 0.29) is 12.0 Å². The van der Waals surface area contributed by atoms with Gasteiger partial charge < -0.3 is 10.0 Å². The number of hydrogen-bond donors (Lipinski definition) is 1. The van der Waals surface area contributed by atoms with Crippen molar-refractivity contribution in [2.24, 2.45) is 0 Å². The Kier molecular flexibility index (Phi) is 3.71. The lowest BCUT2D eigenvalue weighted by molar-refractivity contribution is -0.125. The Labute approximate surface area is 78.4 Å². The Morgan fingerprint density at radius 3 is 2.85 bits per heavy atom. The van der Waals surface area contributed by atoms with E-state index in [1.165, 1.54) is 6.08 Å². The second kappa shape index (κ2) is 4.82. The number of nitrogens with zero attached hydrogens (tertiary/aromatic N) is 1. The first-order valence-electron chi connectivity index (χ1n) is 4.50. The van der Waals surface area contributed by atoms with E-state index < -0.39 is 0 Å². The van der Waals surface area contributed by atoms with E-state index in [9.17, 15) is 9.90 Å². The molecule has 1 aliphatic heterocycles. The summed E-state index contributed by atoms with van der Waals surface area (Å²) in [5.41, 5.74) is 0. The van der Waals surface area contributed by atoms with Crippen molar-refractivity contribution in [2.45, 2.75) is 19.4 Å². The number of hydrogen-bond acceptors (Lipinski definition) is 2. The molecule has 0 spiro atoms. The Balaban J connectivity index is 2.40. The molecule has 1 atom stereocenters. The molecule has 1 saturated heterocycles. The molecule has 0 saturated carbocycles. The van der Waals surface area contributed by atoms with Gasteiger partial charge in [-0.1, -0.05) is 18.2 Å². The zero-order valence-corrected chi connectivity index (χ0v) is 7.81. The lowest BCUT2D eigenvalue weighted by atomic mass is 10.3. The second-order valence-corrected chi connectivity index (χ2v) is 3.11. The average molecular weight is 181 g/mol. The number of likely N-dealkylation sites (tertiary alicyclic amines) is 1. The number of rotatable bonds is 2. The Hall–Kier alpha value is -1.09. The summed E-state index contributed by atoms with van der Waals surface area (Å²) in [6.07, 6.45) is 7.28. The molecule has 3 heteroatoms. The van der Waals surface area contributed by atoms with Gasteiger partial charge in [-0.25, -0.2) is 0 Å². The van der Waals surface area contributed by atoms with E-state index in [0.29, 0.717) is 19.5 Å². The summed E-state index contributed by atoms with van der Waals surface area (Å²) in [7, 11) is 0. The van der Waals surface area contributed by atoms with Crippen molar-refractivity contribution in [2.75, 3.05) is 13.1 Å². The Morgan fingerprint density at radius 1 is 1.54 bits per heavy atom. The fourth-order valence-corrected chi connectivity index (χ4v) is 1.30. The number of allylic oxidation sites excluding steroid dienone is 3. The molecule has 0 bridgehead atoms. The molecule has 1 aliphatic rings. The van der Waals surface area contributed by atoms with Crippen molar-refractivity contribution < 1.29 is 9.90 Å². The molecular weight excluding hydrogens is 166 g/mol. The maximum Gasteiger partial charge on any atom is 0.246 e.